The molecule has 1 atom stereocenters. The molecule has 1 amide bonds. The van der Waals surface area contributed by atoms with Crippen LogP contribution in [0.1, 0.15) is 36.2 Å². The van der Waals surface area contributed by atoms with E-state index in [-0.39, 0.29) is 24.1 Å². The van der Waals surface area contributed by atoms with E-state index in [0.717, 1.165) is 12.0 Å². The standard InChI is InChI=1S/C21H20FN3O2/c1-3-14-5-7-15(8-6-14)21-23-20(24-27-21)16-10-19(26)25(12-16)17-9-4-13(2)18(22)11-17/h4-9,11,16H,3,10,12H2,1-2H3. The van der Waals surface area contributed by atoms with E-state index in [2.05, 4.69) is 17.1 Å². The molecule has 1 aliphatic heterocycles. The maximum absolute atomic E-state index is 13.8. The monoisotopic (exact) mass is 365 g/mol. The number of nitrogens with zero attached hydrogens (tertiary/aromatic N) is 3. The van der Waals surface area contributed by atoms with E-state index in [1.807, 2.05) is 24.3 Å². The van der Waals surface area contributed by atoms with Crippen LogP contribution >= 0.6 is 0 Å². The van der Waals surface area contributed by atoms with Crippen molar-refractivity contribution in [2.75, 3.05) is 11.4 Å². The summed E-state index contributed by atoms with van der Waals surface area (Å²) in [4.78, 5) is 18.5. The summed E-state index contributed by atoms with van der Waals surface area (Å²) in [5, 5.41) is 4.07. The Balaban J connectivity index is 1.53. The first-order valence-corrected chi connectivity index (χ1v) is 9.04. The van der Waals surface area contributed by atoms with Gasteiger partial charge in [-0.05, 0) is 48.7 Å². The number of aryl methyl sites for hydroxylation is 2. The molecule has 0 radical (unpaired) electrons. The van der Waals surface area contributed by atoms with E-state index in [4.69, 9.17) is 4.52 Å². The molecule has 0 N–H and O–H groups in total. The van der Waals surface area contributed by atoms with Crippen LogP contribution < -0.4 is 4.90 Å². The van der Waals surface area contributed by atoms with Gasteiger partial charge in [0.05, 0.1) is 0 Å². The van der Waals surface area contributed by atoms with Crippen molar-refractivity contribution in [1.82, 2.24) is 10.1 Å². The van der Waals surface area contributed by atoms with Gasteiger partial charge in [-0.3, -0.25) is 4.79 Å². The molecule has 6 heteroatoms. The molecule has 3 aromatic rings. The minimum absolute atomic E-state index is 0.0677. The zero-order valence-corrected chi connectivity index (χ0v) is 15.3. The van der Waals surface area contributed by atoms with Gasteiger partial charge in [0.1, 0.15) is 5.82 Å². The van der Waals surface area contributed by atoms with Crippen LogP contribution in [-0.2, 0) is 11.2 Å². The first-order valence-electron chi connectivity index (χ1n) is 9.04. The van der Waals surface area contributed by atoms with Crippen LogP contribution in [-0.4, -0.2) is 22.6 Å². The molecule has 27 heavy (non-hydrogen) atoms. The Hall–Kier alpha value is -3.02. The summed E-state index contributed by atoms with van der Waals surface area (Å²) in [6.45, 7) is 4.21. The van der Waals surface area contributed by atoms with Crippen molar-refractivity contribution in [2.24, 2.45) is 0 Å². The smallest absolute Gasteiger partial charge is 0.257 e. The maximum atomic E-state index is 13.8. The zero-order chi connectivity index (χ0) is 19.0. The summed E-state index contributed by atoms with van der Waals surface area (Å²) in [6, 6.07) is 12.8. The van der Waals surface area contributed by atoms with Crippen LogP contribution in [0.5, 0.6) is 0 Å². The Morgan fingerprint density at radius 2 is 2.00 bits per heavy atom. The Morgan fingerprint density at radius 1 is 1.22 bits per heavy atom. The number of benzene rings is 2. The molecule has 2 aromatic carbocycles. The molecule has 138 valence electrons. The van der Waals surface area contributed by atoms with Crippen molar-refractivity contribution >= 4 is 11.6 Å². The predicted octanol–water partition coefficient (Wildman–Crippen LogP) is 4.27. The molecule has 0 aliphatic carbocycles. The first kappa shape index (κ1) is 17.4. The fourth-order valence-corrected chi connectivity index (χ4v) is 3.28. The first-order chi connectivity index (χ1) is 13.0. The minimum atomic E-state index is -0.318. The molecule has 1 saturated heterocycles. The fraction of sp³-hybridized carbons (Fsp3) is 0.286. The molecule has 1 aliphatic rings. The summed E-state index contributed by atoms with van der Waals surface area (Å²) in [5.41, 5.74) is 3.21. The van der Waals surface area contributed by atoms with Gasteiger partial charge in [0.15, 0.2) is 5.82 Å². The van der Waals surface area contributed by atoms with Gasteiger partial charge >= 0.3 is 0 Å². The number of amides is 1. The van der Waals surface area contributed by atoms with Crippen LogP contribution in [0.15, 0.2) is 47.0 Å². The van der Waals surface area contributed by atoms with E-state index >= 15 is 0 Å². The second kappa shape index (κ2) is 6.95. The van der Waals surface area contributed by atoms with Gasteiger partial charge in [-0.25, -0.2) is 4.39 Å². The number of hydrogen-bond acceptors (Lipinski definition) is 4. The molecule has 2 heterocycles. The van der Waals surface area contributed by atoms with Gasteiger partial charge in [-0.15, -0.1) is 0 Å². The summed E-state index contributed by atoms with van der Waals surface area (Å²) in [5.74, 6) is 0.394. The van der Waals surface area contributed by atoms with Crippen molar-refractivity contribution in [3.8, 4) is 11.5 Å². The number of rotatable bonds is 4. The lowest BCUT2D eigenvalue weighted by molar-refractivity contribution is -0.117. The second-order valence-corrected chi connectivity index (χ2v) is 6.85. The van der Waals surface area contributed by atoms with Crippen LogP contribution in [0.3, 0.4) is 0 Å². The van der Waals surface area contributed by atoms with E-state index in [1.54, 1.807) is 24.0 Å². The van der Waals surface area contributed by atoms with E-state index < -0.39 is 0 Å². The Labute approximate surface area is 156 Å². The Morgan fingerprint density at radius 3 is 2.70 bits per heavy atom. The quantitative estimate of drug-likeness (QED) is 0.693. The third-order valence-corrected chi connectivity index (χ3v) is 5.01. The van der Waals surface area contributed by atoms with Gasteiger partial charge in [-0.2, -0.15) is 4.98 Å². The highest BCUT2D eigenvalue weighted by Crippen LogP contribution is 2.32. The largest absolute Gasteiger partial charge is 0.334 e. The zero-order valence-electron chi connectivity index (χ0n) is 15.3. The van der Waals surface area contributed by atoms with Crippen LogP contribution in [0.4, 0.5) is 10.1 Å². The lowest BCUT2D eigenvalue weighted by atomic mass is 10.1. The summed E-state index contributed by atoms with van der Waals surface area (Å²) < 4.78 is 19.2. The number of carbonyl (C=O) groups is 1. The average Bonchev–Trinajstić information content (AvgIpc) is 3.31. The van der Waals surface area contributed by atoms with Gasteiger partial charge in [0.25, 0.3) is 5.89 Å². The van der Waals surface area contributed by atoms with Crippen molar-refractivity contribution in [3.05, 3.63) is 65.2 Å². The van der Waals surface area contributed by atoms with Gasteiger partial charge in [-0.1, -0.05) is 30.3 Å². The predicted molar refractivity (Wildman–Crippen MR) is 100.0 cm³/mol. The molecule has 5 nitrogen and oxygen atoms in total. The molecular formula is C21H20FN3O2. The van der Waals surface area contributed by atoms with Gasteiger partial charge in [0, 0.05) is 30.1 Å². The average molecular weight is 365 g/mol. The fourth-order valence-electron chi connectivity index (χ4n) is 3.28. The number of halogens is 1. The summed E-state index contributed by atoms with van der Waals surface area (Å²) >= 11 is 0. The molecule has 0 spiro atoms. The van der Waals surface area contributed by atoms with E-state index in [1.165, 1.54) is 11.6 Å². The number of anilines is 1. The number of carbonyl (C=O) groups excluding carboxylic acids is 1. The third kappa shape index (κ3) is 3.35. The topological polar surface area (TPSA) is 59.2 Å². The van der Waals surface area contributed by atoms with Gasteiger partial charge in [0.2, 0.25) is 5.91 Å². The van der Waals surface area contributed by atoms with Crippen molar-refractivity contribution in [2.45, 2.75) is 32.6 Å². The Bertz CT molecular complexity index is 981. The Kier molecular flexibility index (Phi) is 4.48. The van der Waals surface area contributed by atoms with Crippen LogP contribution in [0, 0.1) is 12.7 Å². The number of hydrogen-bond donors (Lipinski definition) is 0. The highest BCUT2D eigenvalue weighted by atomic mass is 19.1. The summed E-state index contributed by atoms with van der Waals surface area (Å²) in [6.07, 6.45) is 1.25. The van der Waals surface area contributed by atoms with E-state index in [0.29, 0.717) is 29.5 Å². The van der Waals surface area contributed by atoms with Crippen LogP contribution in [0.25, 0.3) is 11.5 Å². The molecule has 0 saturated carbocycles. The van der Waals surface area contributed by atoms with Crippen LogP contribution in [0.2, 0.25) is 0 Å². The summed E-state index contributed by atoms with van der Waals surface area (Å²) in [7, 11) is 0. The maximum Gasteiger partial charge on any atom is 0.257 e. The molecule has 4 rings (SSSR count). The normalized spacial score (nSPS) is 16.9. The minimum Gasteiger partial charge on any atom is -0.334 e. The van der Waals surface area contributed by atoms with Crippen molar-refractivity contribution in [3.63, 3.8) is 0 Å². The SMILES string of the molecule is CCc1ccc(-c2nc(C3CC(=O)N(c4ccc(C)c(F)c4)C3)no2)cc1. The highest BCUT2D eigenvalue weighted by Gasteiger charge is 2.34. The van der Waals surface area contributed by atoms with Crippen molar-refractivity contribution in [1.29, 1.82) is 0 Å². The lowest BCUT2D eigenvalue weighted by Gasteiger charge is -2.16. The van der Waals surface area contributed by atoms with Crippen molar-refractivity contribution < 1.29 is 13.7 Å². The highest BCUT2D eigenvalue weighted by molar-refractivity contribution is 5.96. The molecule has 0 bridgehead atoms. The third-order valence-electron chi connectivity index (χ3n) is 5.01. The second-order valence-electron chi connectivity index (χ2n) is 6.85. The van der Waals surface area contributed by atoms with Gasteiger partial charge < -0.3 is 9.42 Å². The van der Waals surface area contributed by atoms with E-state index in [9.17, 15) is 9.18 Å². The molecule has 1 fully saturated rings. The lowest BCUT2D eigenvalue weighted by Crippen LogP contribution is -2.24. The molecule has 1 aromatic heterocycles. The molecule has 1 unspecified atom stereocenters. The molecular weight excluding hydrogens is 345 g/mol. The number of aromatic nitrogens is 2.